The molecule has 0 aliphatic carbocycles. The van der Waals surface area contributed by atoms with E-state index in [9.17, 15) is 0 Å². The summed E-state index contributed by atoms with van der Waals surface area (Å²) in [5, 5.41) is 4.14. The number of rotatable bonds is 9. The normalized spacial score (nSPS) is 14.2. The summed E-state index contributed by atoms with van der Waals surface area (Å²) in [6.45, 7) is 15.0. The molecule has 0 aromatic heterocycles. The lowest BCUT2D eigenvalue weighted by atomic mass is 10.0. The van der Waals surface area contributed by atoms with E-state index in [4.69, 9.17) is 4.74 Å². The Morgan fingerprint density at radius 3 is 2.43 bits per heavy atom. The third-order valence-corrected chi connectivity index (χ3v) is 5.38. The van der Waals surface area contributed by atoms with Gasteiger partial charge in [-0.3, -0.25) is 0 Å². The molecule has 2 nitrogen and oxygen atoms in total. The highest BCUT2D eigenvalue weighted by molar-refractivity contribution is 7.99. The number of ether oxygens (including phenoxy) is 1. The summed E-state index contributed by atoms with van der Waals surface area (Å²) in [7, 11) is 0. The van der Waals surface area contributed by atoms with E-state index in [1.54, 1.807) is 0 Å². The molecule has 0 amide bonds. The molecule has 0 fully saturated rings. The Morgan fingerprint density at radius 1 is 1.14 bits per heavy atom. The second-order valence-corrected chi connectivity index (χ2v) is 7.21. The third-order valence-electron chi connectivity index (χ3n) is 3.84. The first kappa shape index (κ1) is 18.4. The number of thioether (sulfide) groups is 1. The average Bonchev–Trinajstić information content (AvgIpc) is 2.46. The Morgan fingerprint density at radius 2 is 1.86 bits per heavy atom. The molecule has 2 unspecified atom stereocenters. The minimum absolute atomic E-state index is 0.386. The fourth-order valence-electron chi connectivity index (χ4n) is 2.12. The molecule has 0 aliphatic heterocycles. The summed E-state index contributed by atoms with van der Waals surface area (Å²) in [6.07, 6.45) is 0. The van der Waals surface area contributed by atoms with Gasteiger partial charge in [-0.1, -0.05) is 33.8 Å². The van der Waals surface area contributed by atoms with E-state index in [-0.39, 0.29) is 0 Å². The van der Waals surface area contributed by atoms with E-state index in [2.05, 4.69) is 58.1 Å². The van der Waals surface area contributed by atoms with Crippen molar-refractivity contribution in [3.05, 3.63) is 29.3 Å². The molecule has 0 heterocycles. The monoisotopic (exact) mass is 309 g/mol. The Balaban J connectivity index is 2.87. The van der Waals surface area contributed by atoms with Crippen LogP contribution in [0.3, 0.4) is 0 Å². The van der Waals surface area contributed by atoms with Gasteiger partial charge in [-0.25, -0.2) is 0 Å². The number of hydrogen-bond acceptors (Lipinski definition) is 3. The summed E-state index contributed by atoms with van der Waals surface area (Å²) in [5.74, 6) is 2.75. The lowest BCUT2D eigenvalue weighted by Gasteiger charge is -2.19. The van der Waals surface area contributed by atoms with Crippen molar-refractivity contribution >= 4 is 11.8 Å². The Labute approximate surface area is 135 Å². The minimum Gasteiger partial charge on any atom is -0.494 e. The van der Waals surface area contributed by atoms with Crippen molar-refractivity contribution in [1.29, 1.82) is 0 Å². The van der Waals surface area contributed by atoms with Crippen LogP contribution in [-0.4, -0.2) is 18.4 Å². The minimum atomic E-state index is 0.386. The molecule has 1 aromatic carbocycles. The van der Waals surface area contributed by atoms with Crippen LogP contribution in [0.15, 0.2) is 18.2 Å². The molecule has 3 heteroatoms. The highest BCUT2D eigenvalue weighted by atomic mass is 32.2. The van der Waals surface area contributed by atoms with Crippen LogP contribution in [0.5, 0.6) is 5.75 Å². The summed E-state index contributed by atoms with van der Waals surface area (Å²) in [4.78, 5) is 0. The van der Waals surface area contributed by atoms with Gasteiger partial charge in [0.2, 0.25) is 0 Å². The number of hydrogen-bond donors (Lipinski definition) is 1. The number of nitrogens with one attached hydrogen (secondary N) is 1. The zero-order chi connectivity index (χ0) is 15.8. The molecule has 0 radical (unpaired) electrons. The quantitative estimate of drug-likeness (QED) is 0.691. The van der Waals surface area contributed by atoms with Crippen molar-refractivity contribution in [2.24, 2.45) is 5.92 Å². The van der Waals surface area contributed by atoms with Gasteiger partial charge in [0.25, 0.3) is 0 Å². The molecular formula is C18H31NOS. The summed E-state index contributed by atoms with van der Waals surface area (Å²) in [5.41, 5.74) is 2.66. The van der Waals surface area contributed by atoms with Gasteiger partial charge >= 0.3 is 0 Å². The van der Waals surface area contributed by atoms with E-state index in [1.807, 2.05) is 18.7 Å². The highest BCUT2D eigenvalue weighted by Gasteiger charge is 2.12. The average molecular weight is 310 g/mol. The van der Waals surface area contributed by atoms with E-state index in [0.29, 0.717) is 17.2 Å². The molecule has 21 heavy (non-hydrogen) atoms. The number of benzene rings is 1. The van der Waals surface area contributed by atoms with Crippen molar-refractivity contribution in [2.75, 3.05) is 13.2 Å². The van der Waals surface area contributed by atoms with Crippen LogP contribution in [0.1, 0.15) is 58.7 Å². The lowest BCUT2D eigenvalue weighted by molar-refractivity contribution is 0.337. The van der Waals surface area contributed by atoms with Crippen LogP contribution in [0, 0.1) is 5.92 Å². The SMILES string of the molecule is CCNC(C)c1ccc(OCC)c(CSC(C)C(C)C)c1. The van der Waals surface area contributed by atoms with Crippen LogP contribution in [-0.2, 0) is 5.75 Å². The summed E-state index contributed by atoms with van der Waals surface area (Å²) < 4.78 is 5.79. The zero-order valence-corrected chi connectivity index (χ0v) is 15.2. The maximum atomic E-state index is 5.79. The fourth-order valence-corrected chi connectivity index (χ4v) is 3.17. The largest absolute Gasteiger partial charge is 0.494 e. The predicted molar refractivity (Wildman–Crippen MR) is 95.3 cm³/mol. The molecule has 2 atom stereocenters. The van der Waals surface area contributed by atoms with E-state index in [0.717, 1.165) is 24.7 Å². The Hall–Kier alpha value is -0.670. The van der Waals surface area contributed by atoms with Crippen LogP contribution in [0.25, 0.3) is 0 Å². The predicted octanol–water partition coefficient (Wildman–Crippen LogP) is 5.03. The standard InChI is InChI=1S/C18H31NOS/c1-7-19-14(5)16-9-10-18(20-8-2)17(11-16)12-21-15(6)13(3)4/h9-11,13-15,19H,7-8,12H2,1-6H3. The first-order valence-electron chi connectivity index (χ1n) is 8.10. The van der Waals surface area contributed by atoms with Gasteiger partial charge in [0.15, 0.2) is 0 Å². The van der Waals surface area contributed by atoms with Crippen molar-refractivity contribution in [2.45, 2.75) is 58.6 Å². The molecule has 0 saturated heterocycles. The Bertz CT molecular complexity index is 420. The maximum Gasteiger partial charge on any atom is 0.123 e. The molecule has 0 aliphatic rings. The third kappa shape index (κ3) is 5.91. The molecule has 0 spiro atoms. The van der Waals surface area contributed by atoms with E-state index in [1.165, 1.54) is 11.1 Å². The van der Waals surface area contributed by atoms with Crippen LogP contribution < -0.4 is 10.1 Å². The summed E-state index contributed by atoms with van der Waals surface area (Å²) in [6, 6.07) is 7.00. The van der Waals surface area contributed by atoms with Crippen molar-refractivity contribution < 1.29 is 4.74 Å². The first-order valence-corrected chi connectivity index (χ1v) is 9.15. The van der Waals surface area contributed by atoms with Gasteiger partial charge in [-0.05, 0) is 44.0 Å². The molecular weight excluding hydrogens is 278 g/mol. The zero-order valence-electron chi connectivity index (χ0n) is 14.4. The fraction of sp³-hybridized carbons (Fsp3) is 0.667. The molecule has 1 rings (SSSR count). The molecule has 0 saturated carbocycles. The molecule has 1 N–H and O–H groups in total. The smallest absolute Gasteiger partial charge is 0.123 e. The van der Waals surface area contributed by atoms with Crippen LogP contribution in [0.4, 0.5) is 0 Å². The maximum absolute atomic E-state index is 5.79. The van der Waals surface area contributed by atoms with Gasteiger partial charge in [-0.2, -0.15) is 11.8 Å². The Kier molecular flexibility index (Phi) is 8.20. The van der Waals surface area contributed by atoms with Gasteiger partial charge < -0.3 is 10.1 Å². The van der Waals surface area contributed by atoms with Gasteiger partial charge in [0.1, 0.15) is 5.75 Å². The van der Waals surface area contributed by atoms with Crippen molar-refractivity contribution in [3.63, 3.8) is 0 Å². The van der Waals surface area contributed by atoms with Gasteiger partial charge in [-0.15, -0.1) is 0 Å². The van der Waals surface area contributed by atoms with Crippen LogP contribution >= 0.6 is 11.8 Å². The second kappa shape index (κ2) is 9.37. The van der Waals surface area contributed by atoms with E-state index >= 15 is 0 Å². The van der Waals surface area contributed by atoms with Gasteiger partial charge in [0, 0.05) is 22.6 Å². The highest BCUT2D eigenvalue weighted by Crippen LogP contribution is 2.30. The molecule has 0 bridgehead atoms. The first-order chi connectivity index (χ1) is 9.99. The second-order valence-electron chi connectivity index (χ2n) is 5.84. The topological polar surface area (TPSA) is 21.3 Å². The van der Waals surface area contributed by atoms with E-state index < -0.39 is 0 Å². The molecule has 1 aromatic rings. The molecule has 120 valence electrons. The van der Waals surface area contributed by atoms with Crippen molar-refractivity contribution in [1.82, 2.24) is 5.32 Å². The van der Waals surface area contributed by atoms with Gasteiger partial charge in [0.05, 0.1) is 6.61 Å². The summed E-state index contributed by atoms with van der Waals surface area (Å²) >= 11 is 2.01. The lowest BCUT2D eigenvalue weighted by Crippen LogP contribution is -2.18. The van der Waals surface area contributed by atoms with Crippen molar-refractivity contribution in [3.8, 4) is 5.75 Å². The van der Waals surface area contributed by atoms with Crippen LogP contribution in [0.2, 0.25) is 0 Å².